The summed E-state index contributed by atoms with van der Waals surface area (Å²) in [6.07, 6.45) is 5.55. The predicted molar refractivity (Wildman–Crippen MR) is 112 cm³/mol. The smallest absolute Gasteiger partial charge is 0.269 e. The van der Waals surface area contributed by atoms with Gasteiger partial charge in [0.2, 0.25) is 5.91 Å². The summed E-state index contributed by atoms with van der Waals surface area (Å²) in [5.74, 6) is 0.0712. The van der Waals surface area contributed by atoms with Crippen molar-refractivity contribution in [3.05, 3.63) is 59.6 Å². The molecular formula is C22H26N4O3. The first kappa shape index (κ1) is 19.0. The molecule has 2 amide bonds. The highest BCUT2D eigenvalue weighted by molar-refractivity contribution is 5.98. The summed E-state index contributed by atoms with van der Waals surface area (Å²) in [7, 11) is 3.47. The maximum atomic E-state index is 12.6. The van der Waals surface area contributed by atoms with E-state index in [9.17, 15) is 9.59 Å². The normalized spacial score (nSPS) is 14.1. The van der Waals surface area contributed by atoms with Crippen LogP contribution in [-0.2, 0) is 11.2 Å². The lowest BCUT2D eigenvalue weighted by Gasteiger charge is -2.27. The van der Waals surface area contributed by atoms with Crippen molar-refractivity contribution in [1.29, 1.82) is 0 Å². The van der Waals surface area contributed by atoms with Gasteiger partial charge in [-0.15, -0.1) is 0 Å². The Bertz CT molecular complexity index is 1070. The summed E-state index contributed by atoms with van der Waals surface area (Å²) in [6.45, 7) is 1.32. The van der Waals surface area contributed by atoms with E-state index in [2.05, 4.69) is 28.3 Å². The third-order valence-corrected chi connectivity index (χ3v) is 5.22. The number of carbonyl (C=O) groups excluding carboxylic acids is 2. The second kappa shape index (κ2) is 7.95. The van der Waals surface area contributed by atoms with Crippen LogP contribution in [0.25, 0.3) is 16.5 Å². The lowest BCUT2D eigenvalue weighted by Crippen LogP contribution is -2.35. The number of aryl methyl sites for hydroxylation is 1. The molecule has 0 unspecified atom stereocenters. The highest BCUT2D eigenvalue weighted by Crippen LogP contribution is 2.26. The van der Waals surface area contributed by atoms with Crippen LogP contribution in [0, 0.1) is 0 Å². The van der Waals surface area contributed by atoms with Gasteiger partial charge in [0.25, 0.3) is 5.91 Å². The molecule has 4 rings (SSSR count). The van der Waals surface area contributed by atoms with E-state index in [1.807, 2.05) is 17.0 Å². The molecule has 1 aliphatic heterocycles. The van der Waals surface area contributed by atoms with E-state index in [4.69, 9.17) is 4.52 Å². The van der Waals surface area contributed by atoms with Gasteiger partial charge in [0, 0.05) is 58.4 Å². The number of hydrogen-bond donors (Lipinski definition) is 1. The van der Waals surface area contributed by atoms with Gasteiger partial charge in [-0.3, -0.25) is 9.59 Å². The van der Waals surface area contributed by atoms with E-state index < -0.39 is 0 Å². The summed E-state index contributed by atoms with van der Waals surface area (Å²) >= 11 is 0. The maximum Gasteiger partial charge on any atom is 0.269 e. The highest BCUT2D eigenvalue weighted by Gasteiger charge is 2.20. The maximum absolute atomic E-state index is 12.6. The number of fused-ring (bicyclic) bond motifs is 1. The molecule has 0 atom stereocenters. The van der Waals surface area contributed by atoms with Crippen molar-refractivity contribution in [3.63, 3.8) is 0 Å². The summed E-state index contributed by atoms with van der Waals surface area (Å²) in [6, 6.07) is 9.78. The number of nitrogens with one attached hydrogen (secondary N) is 1. The number of nitrogens with zero attached hydrogens (tertiary/aromatic N) is 3. The Kier molecular flexibility index (Phi) is 5.20. The Morgan fingerprint density at radius 2 is 2.14 bits per heavy atom. The van der Waals surface area contributed by atoms with Crippen molar-refractivity contribution in [2.75, 3.05) is 27.2 Å². The fourth-order valence-electron chi connectivity index (χ4n) is 3.61. The predicted octanol–water partition coefficient (Wildman–Crippen LogP) is 3.35. The van der Waals surface area contributed by atoms with Gasteiger partial charge in [0.15, 0.2) is 0 Å². The Morgan fingerprint density at radius 3 is 2.90 bits per heavy atom. The SMILES string of the molecule is CN(C)C(=O)c1cc2ccc(C3=CCCN(C(=O)CCc4ccon4)C3)cc2[nH]1.[HH]. The minimum absolute atomic E-state index is 0. The number of amides is 2. The molecule has 29 heavy (non-hydrogen) atoms. The molecule has 2 aromatic heterocycles. The van der Waals surface area contributed by atoms with Crippen molar-refractivity contribution in [1.82, 2.24) is 19.9 Å². The molecule has 152 valence electrons. The zero-order valence-corrected chi connectivity index (χ0v) is 16.6. The van der Waals surface area contributed by atoms with Crippen LogP contribution >= 0.6 is 0 Å². The van der Waals surface area contributed by atoms with Gasteiger partial charge in [-0.2, -0.15) is 0 Å². The molecule has 0 saturated heterocycles. The van der Waals surface area contributed by atoms with Gasteiger partial charge in [-0.05, 0) is 29.7 Å². The van der Waals surface area contributed by atoms with Gasteiger partial charge in [-0.25, -0.2) is 0 Å². The van der Waals surface area contributed by atoms with Gasteiger partial charge in [-0.1, -0.05) is 23.4 Å². The molecule has 7 nitrogen and oxygen atoms in total. The quantitative estimate of drug-likeness (QED) is 0.719. The Balaban J connectivity index is 0.00000256. The van der Waals surface area contributed by atoms with Crippen LogP contribution in [0.2, 0.25) is 0 Å². The monoisotopic (exact) mass is 394 g/mol. The first-order chi connectivity index (χ1) is 14.0. The second-order valence-corrected chi connectivity index (χ2v) is 7.51. The average molecular weight is 394 g/mol. The number of aromatic amines is 1. The average Bonchev–Trinajstić information content (AvgIpc) is 3.40. The number of carbonyl (C=O) groups is 2. The van der Waals surface area contributed by atoms with Crippen molar-refractivity contribution < 1.29 is 15.5 Å². The fraction of sp³-hybridized carbons (Fsp3) is 0.318. The zero-order chi connectivity index (χ0) is 20.4. The molecule has 1 N–H and O–H groups in total. The van der Waals surface area contributed by atoms with E-state index in [1.165, 1.54) is 6.26 Å². The minimum Gasteiger partial charge on any atom is -0.365 e. The Hall–Kier alpha value is -3.35. The number of hydrogen-bond acceptors (Lipinski definition) is 4. The molecule has 7 heteroatoms. The van der Waals surface area contributed by atoms with Gasteiger partial charge in [0.1, 0.15) is 12.0 Å². The molecule has 0 saturated carbocycles. The first-order valence-electron chi connectivity index (χ1n) is 9.72. The minimum atomic E-state index is -0.0523. The molecule has 0 bridgehead atoms. The van der Waals surface area contributed by atoms with E-state index in [0.29, 0.717) is 25.1 Å². The molecule has 3 aromatic rings. The highest BCUT2D eigenvalue weighted by atomic mass is 16.5. The van der Waals surface area contributed by atoms with Crippen LogP contribution in [0.3, 0.4) is 0 Å². The molecule has 0 aliphatic carbocycles. The van der Waals surface area contributed by atoms with E-state index in [0.717, 1.165) is 40.7 Å². The summed E-state index contributed by atoms with van der Waals surface area (Å²) in [5, 5.41) is 4.86. The second-order valence-electron chi connectivity index (χ2n) is 7.51. The van der Waals surface area contributed by atoms with Crippen molar-refractivity contribution >= 4 is 28.3 Å². The number of aromatic nitrogens is 2. The van der Waals surface area contributed by atoms with Crippen molar-refractivity contribution in [2.45, 2.75) is 19.3 Å². The molecular weight excluding hydrogens is 368 g/mol. The molecule has 0 radical (unpaired) electrons. The Morgan fingerprint density at radius 1 is 1.28 bits per heavy atom. The van der Waals surface area contributed by atoms with Crippen LogP contribution in [0.1, 0.15) is 36.0 Å². The summed E-state index contributed by atoms with van der Waals surface area (Å²) < 4.78 is 4.82. The van der Waals surface area contributed by atoms with Crippen LogP contribution in [0.15, 0.2) is 47.2 Å². The molecule has 3 heterocycles. The third-order valence-electron chi connectivity index (χ3n) is 5.22. The lowest BCUT2D eigenvalue weighted by molar-refractivity contribution is -0.130. The zero-order valence-electron chi connectivity index (χ0n) is 16.6. The standard InChI is InChI=1S/C22H24N4O3.H2/c1-25(2)22(28)20-13-16-6-5-15(12-19(16)23-20)17-4-3-10-26(14-17)21(27)8-7-18-9-11-29-24-18;/h4-6,9,11-13,23H,3,7-8,10,14H2,1-2H3;1H. The first-order valence-corrected chi connectivity index (χ1v) is 9.72. The largest absolute Gasteiger partial charge is 0.365 e. The third kappa shape index (κ3) is 4.08. The van der Waals surface area contributed by atoms with E-state index in [-0.39, 0.29) is 13.2 Å². The topological polar surface area (TPSA) is 82.4 Å². The number of benzene rings is 1. The van der Waals surface area contributed by atoms with Crippen molar-refractivity contribution in [3.8, 4) is 0 Å². The molecule has 1 aliphatic rings. The van der Waals surface area contributed by atoms with E-state index >= 15 is 0 Å². The molecule has 1 aromatic carbocycles. The van der Waals surface area contributed by atoms with E-state index in [1.54, 1.807) is 25.1 Å². The van der Waals surface area contributed by atoms with Crippen LogP contribution < -0.4 is 0 Å². The number of H-pyrrole nitrogens is 1. The Labute approximate surface area is 170 Å². The van der Waals surface area contributed by atoms with Gasteiger partial charge < -0.3 is 19.3 Å². The lowest BCUT2D eigenvalue weighted by atomic mass is 9.99. The van der Waals surface area contributed by atoms with Gasteiger partial charge in [0.05, 0.1) is 5.69 Å². The number of rotatable bonds is 5. The summed E-state index contributed by atoms with van der Waals surface area (Å²) in [4.78, 5) is 31.5. The van der Waals surface area contributed by atoms with Crippen molar-refractivity contribution in [2.24, 2.45) is 0 Å². The van der Waals surface area contributed by atoms with Crippen LogP contribution in [0.5, 0.6) is 0 Å². The summed E-state index contributed by atoms with van der Waals surface area (Å²) in [5.41, 5.74) is 4.49. The van der Waals surface area contributed by atoms with Crippen LogP contribution in [-0.4, -0.2) is 58.9 Å². The molecule has 0 spiro atoms. The van der Waals surface area contributed by atoms with Crippen LogP contribution in [0.4, 0.5) is 0 Å². The fourth-order valence-corrected chi connectivity index (χ4v) is 3.61. The molecule has 0 fully saturated rings. The van der Waals surface area contributed by atoms with Gasteiger partial charge >= 0.3 is 0 Å².